The molecule has 0 fully saturated rings. The van der Waals surface area contributed by atoms with E-state index >= 15 is 0 Å². The summed E-state index contributed by atoms with van der Waals surface area (Å²) in [6, 6.07) is 27.3. The first-order valence-corrected chi connectivity index (χ1v) is 11.9. The van der Waals surface area contributed by atoms with Crippen molar-refractivity contribution in [2.24, 2.45) is 0 Å². The topological polar surface area (TPSA) is 36.9 Å². The van der Waals surface area contributed by atoms with E-state index in [1.54, 1.807) is 21.3 Å². The normalized spacial score (nSPS) is 12.8. The van der Waals surface area contributed by atoms with Crippen molar-refractivity contribution in [2.75, 3.05) is 21.3 Å². The molecule has 5 aliphatic rings. The standard InChI is InChI=1S/C31H30O4/c1-32-28-17-12-24-7-6-23-11-16-27(30(19-23)34-3)26-15-10-22(18-29(26)33-2)5-4-21-8-13-25(14-9-21)35-31(28)20-24/h8-20H,4-7H2,1-3H3. The smallest absolute Gasteiger partial charge is 0.169 e. The third-order valence-electron chi connectivity index (χ3n) is 6.61. The van der Waals surface area contributed by atoms with Crippen molar-refractivity contribution in [1.29, 1.82) is 0 Å². The second-order valence-electron chi connectivity index (χ2n) is 8.80. The van der Waals surface area contributed by atoms with Gasteiger partial charge < -0.3 is 18.9 Å². The molecule has 0 saturated carbocycles. The van der Waals surface area contributed by atoms with Crippen LogP contribution in [-0.2, 0) is 25.7 Å². The first kappa shape index (κ1) is 22.9. The van der Waals surface area contributed by atoms with Crippen LogP contribution in [0.2, 0.25) is 0 Å². The minimum atomic E-state index is 0.725. The molecule has 0 aliphatic carbocycles. The molecule has 35 heavy (non-hydrogen) atoms. The number of aryl methyl sites for hydroxylation is 4. The lowest BCUT2D eigenvalue weighted by Gasteiger charge is -2.16. The van der Waals surface area contributed by atoms with Crippen LogP contribution in [0, 0.1) is 0 Å². The average Bonchev–Trinajstić information content (AvgIpc) is 2.91. The summed E-state index contributed by atoms with van der Waals surface area (Å²) in [7, 11) is 5.12. The molecule has 178 valence electrons. The molecule has 0 unspecified atom stereocenters. The summed E-state index contributed by atoms with van der Waals surface area (Å²) in [5.41, 5.74) is 6.96. The van der Waals surface area contributed by atoms with Crippen molar-refractivity contribution in [3.8, 4) is 39.9 Å². The second-order valence-corrected chi connectivity index (χ2v) is 8.80. The Morgan fingerprint density at radius 3 is 1.49 bits per heavy atom. The number of fused-ring (bicyclic) bond motifs is 1. The molecule has 9 rings (SSSR count). The van der Waals surface area contributed by atoms with Gasteiger partial charge in [0.05, 0.1) is 21.3 Å². The molecule has 8 bridgehead atoms. The van der Waals surface area contributed by atoms with E-state index in [1.807, 2.05) is 18.2 Å². The van der Waals surface area contributed by atoms with E-state index in [0.29, 0.717) is 0 Å². The molecule has 0 aromatic heterocycles. The highest BCUT2D eigenvalue weighted by Gasteiger charge is 2.14. The van der Waals surface area contributed by atoms with Gasteiger partial charge >= 0.3 is 0 Å². The Hall–Kier alpha value is -3.92. The van der Waals surface area contributed by atoms with Gasteiger partial charge in [-0.2, -0.15) is 0 Å². The highest BCUT2D eigenvalue weighted by atomic mass is 16.5. The van der Waals surface area contributed by atoms with Gasteiger partial charge in [-0.05, 0) is 84.3 Å². The number of hydrogen-bond acceptors (Lipinski definition) is 4. The van der Waals surface area contributed by atoms with Crippen LogP contribution in [-0.4, -0.2) is 21.3 Å². The van der Waals surface area contributed by atoms with Crippen molar-refractivity contribution < 1.29 is 18.9 Å². The molecule has 4 heteroatoms. The minimum Gasteiger partial charge on any atom is -0.496 e. The van der Waals surface area contributed by atoms with Crippen molar-refractivity contribution >= 4 is 0 Å². The number of hydrogen-bond donors (Lipinski definition) is 0. The van der Waals surface area contributed by atoms with E-state index < -0.39 is 0 Å². The summed E-state index contributed by atoms with van der Waals surface area (Å²) in [6.45, 7) is 0. The van der Waals surface area contributed by atoms with Gasteiger partial charge in [-0.25, -0.2) is 0 Å². The summed E-state index contributed by atoms with van der Waals surface area (Å²) in [4.78, 5) is 0. The molecular formula is C31H30O4. The number of methoxy groups -OCH3 is 3. The maximum Gasteiger partial charge on any atom is 0.169 e. The fourth-order valence-corrected chi connectivity index (χ4v) is 4.61. The third-order valence-corrected chi connectivity index (χ3v) is 6.61. The van der Waals surface area contributed by atoms with E-state index in [9.17, 15) is 0 Å². The Bertz CT molecular complexity index is 1320. The van der Waals surface area contributed by atoms with Crippen molar-refractivity contribution in [3.05, 3.63) is 101 Å². The Labute approximate surface area is 207 Å². The fraction of sp³-hybridized carbons (Fsp3) is 0.226. The molecular weight excluding hydrogens is 436 g/mol. The molecule has 5 heterocycles. The van der Waals surface area contributed by atoms with Crippen LogP contribution in [0.4, 0.5) is 0 Å². The van der Waals surface area contributed by atoms with Crippen LogP contribution in [0.15, 0.2) is 78.9 Å². The molecule has 0 radical (unpaired) electrons. The van der Waals surface area contributed by atoms with E-state index in [2.05, 4.69) is 60.7 Å². The number of ether oxygens (including phenoxy) is 4. The molecule has 0 saturated heterocycles. The predicted octanol–water partition coefficient (Wildman–Crippen LogP) is 7.06. The lowest BCUT2D eigenvalue weighted by molar-refractivity contribution is 0.378. The third kappa shape index (κ3) is 4.97. The molecule has 5 aliphatic heterocycles. The minimum absolute atomic E-state index is 0.725. The maximum atomic E-state index is 6.22. The van der Waals surface area contributed by atoms with Gasteiger partial charge in [-0.1, -0.05) is 42.5 Å². The quantitative estimate of drug-likeness (QED) is 0.324. The summed E-state index contributed by atoms with van der Waals surface area (Å²) in [5.74, 6) is 3.96. The Kier molecular flexibility index (Phi) is 6.62. The second kappa shape index (κ2) is 10.1. The monoisotopic (exact) mass is 466 g/mol. The van der Waals surface area contributed by atoms with E-state index in [0.717, 1.165) is 65.6 Å². The highest BCUT2D eigenvalue weighted by Crippen LogP contribution is 2.38. The van der Waals surface area contributed by atoms with Crippen LogP contribution < -0.4 is 18.9 Å². The van der Waals surface area contributed by atoms with Crippen molar-refractivity contribution in [3.63, 3.8) is 0 Å². The average molecular weight is 467 g/mol. The summed E-state index contributed by atoms with van der Waals surface area (Å²) in [6.07, 6.45) is 3.61. The van der Waals surface area contributed by atoms with Gasteiger partial charge in [-0.3, -0.25) is 0 Å². The lowest BCUT2D eigenvalue weighted by Crippen LogP contribution is -1.98. The van der Waals surface area contributed by atoms with E-state index in [1.165, 1.54) is 22.3 Å². The zero-order valence-electron chi connectivity index (χ0n) is 20.5. The van der Waals surface area contributed by atoms with Gasteiger partial charge in [0, 0.05) is 11.1 Å². The van der Waals surface area contributed by atoms with Crippen LogP contribution in [0.3, 0.4) is 0 Å². The van der Waals surface area contributed by atoms with Crippen LogP contribution >= 0.6 is 0 Å². The van der Waals surface area contributed by atoms with Gasteiger partial charge in [0.1, 0.15) is 17.2 Å². The first-order valence-electron chi connectivity index (χ1n) is 11.9. The lowest BCUT2D eigenvalue weighted by atomic mass is 9.96. The van der Waals surface area contributed by atoms with Gasteiger partial charge in [0.25, 0.3) is 0 Å². The van der Waals surface area contributed by atoms with Gasteiger partial charge in [-0.15, -0.1) is 0 Å². The summed E-state index contributed by atoms with van der Waals surface area (Å²) in [5, 5.41) is 0. The molecule has 4 nitrogen and oxygen atoms in total. The molecule has 4 aromatic rings. The summed E-state index contributed by atoms with van der Waals surface area (Å²) < 4.78 is 23.4. The Balaban J connectivity index is 1.57. The van der Waals surface area contributed by atoms with Crippen molar-refractivity contribution in [2.45, 2.75) is 25.7 Å². The Morgan fingerprint density at radius 1 is 0.486 bits per heavy atom. The van der Waals surface area contributed by atoms with Crippen LogP contribution in [0.1, 0.15) is 22.3 Å². The molecule has 0 spiro atoms. The first-order chi connectivity index (χ1) is 17.2. The van der Waals surface area contributed by atoms with Crippen LogP contribution in [0.25, 0.3) is 11.1 Å². The fourth-order valence-electron chi connectivity index (χ4n) is 4.61. The largest absolute Gasteiger partial charge is 0.496 e. The SMILES string of the molecule is COc1ccc2cc1Oc1ccc(cc1)CCc1ccc(c(OC)c1)-c1ccc(cc1OC)CC2. The number of benzene rings is 4. The maximum absolute atomic E-state index is 6.22. The van der Waals surface area contributed by atoms with Gasteiger partial charge in [0.2, 0.25) is 0 Å². The van der Waals surface area contributed by atoms with E-state index in [4.69, 9.17) is 18.9 Å². The Morgan fingerprint density at radius 2 is 0.943 bits per heavy atom. The summed E-state index contributed by atoms with van der Waals surface area (Å²) >= 11 is 0. The zero-order valence-corrected chi connectivity index (χ0v) is 20.5. The van der Waals surface area contributed by atoms with Gasteiger partial charge in [0.15, 0.2) is 11.5 Å². The van der Waals surface area contributed by atoms with Crippen LogP contribution in [0.5, 0.6) is 28.7 Å². The molecule has 0 amide bonds. The molecule has 0 N–H and O–H groups in total. The van der Waals surface area contributed by atoms with Crippen molar-refractivity contribution in [1.82, 2.24) is 0 Å². The molecule has 4 aromatic carbocycles. The number of rotatable bonds is 3. The highest BCUT2D eigenvalue weighted by molar-refractivity contribution is 5.76. The molecule has 0 atom stereocenters. The zero-order chi connectivity index (χ0) is 24.2. The predicted molar refractivity (Wildman–Crippen MR) is 139 cm³/mol. The van der Waals surface area contributed by atoms with E-state index in [-0.39, 0.29) is 0 Å².